The van der Waals surface area contributed by atoms with E-state index in [0.717, 1.165) is 19.4 Å². The van der Waals surface area contributed by atoms with Crippen molar-refractivity contribution >= 4 is 11.3 Å². The molecule has 3 heteroatoms. The second-order valence-electron chi connectivity index (χ2n) is 4.95. The average molecular weight is 274 g/mol. The molecule has 2 rings (SSSR count). The fourth-order valence-electron chi connectivity index (χ4n) is 2.26. The van der Waals surface area contributed by atoms with Gasteiger partial charge in [-0.2, -0.15) is 0 Å². The summed E-state index contributed by atoms with van der Waals surface area (Å²) in [6, 6.07) is 9.17. The predicted molar refractivity (Wildman–Crippen MR) is 82.8 cm³/mol. The second kappa shape index (κ2) is 7.41. The smallest absolute Gasteiger partial charge is 0.0794 e. The van der Waals surface area contributed by atoms with Crippen LogP contribution in [0.15, 0.2) is 36.0 Å². The minimum Gasteiger partial charge on any atom is -0.313 e. The van der Waals surface area contributed by atoms with Gasteiger partial charge in [-0.25, -0.2) is 0 Å². The fraction of sp³-hybridized carbons (Fsp3) is 0.438. The minimum absolute atomic E-state index is 0.501. The lowest BCUT2D eigenvalue weighted by Gasteiger charge is -2.19. The van der Waals surface area contributed by atoms with Crippen LogP contribution >= 0.6 is 11.3 Å². The van der Waals surface area contributed by atoms with Gasteiger partial charge in [0.1, 0.15) is 0 Å². The minimum atomic E-state index is 0.501. The Morgan fingerprint density at radius 3 is 2.79 bits per heavy atom. The van der Waals surface area contributed by atoms with Crippen molar-refractivity contribution in [2.45, 2.75) is 39.2 Å². The number of hydrogen-bond donors (Lipinski definition) is 1. The summed E-state index contributed by atoms with van der Waals surface area (Å²) < 4.78 is 0. The van der Waals surface area contributed by atoms with Crippen molar-refractivity contribution < 1.29 is 0 Å². The van der Waals surface area contributed by atoms with E-state index >= 15 is 0 Å². The number of aryl methyl sites for hydroxylation is 1. The molecule has 1 unspecified atom stereocenters. The van der Waals surface area contributed by atoms with Gasteiger partial charge in [0, 0.05) is 17.1 Å². The van der Waals surface area contributed by atoms with E-state index in [1.165, 1.54) is 22.4 Å². The van der Waals surface area contributed by atoms with Crippen molar-refractivity contribution in [2.75, 3.05) is 6.54 Å². The van der Waals surface area contributed by atoms with Crippen LogP contribution in [0, 0.1) is 6.92 Å². The highest BCUT2D eigenvalue weighted by atomic mass is 32.1. The van der Waals surface area contributed by atoms with E-state index in [-0.39, 0.29) is 0 Å². The van der Waals surface area contributed by atoms with Crippen LogP contribution in [0.4, 0.5) is 0 Å². The molecule has 1 aromatic heterocycles. The molecule has 0 spiro atoms. The van der Waals surface area contributed by atoms with Gasteiger partial charge in [0.15, 0.2) is 0 Å². The van der Waals surface area contributed by atoms with Crippen LogP contribution < -0.4 is 5.32 Å². The predicted octanol–water partition coefficient (Wildman–Crippen LogP) is 3.60. The third-order valence-corrected chi connectivity index (χ3v) is 4.14. The van der Waals surface area contributed by atoms with Gasteiger partial charge in [0.25, 0.3) is 0 Å². The Labute approximate surface area is 119 Å². The van der Waals surface area contributed by atoms with Crippen LogP contribution in [0.3, 0.4) is 0 Å². The van der Waals surface area contributed by atoms with Gasteiger partial charge in [-0.15, -0.1) is 11.3 Å². The molecule has 1 heterocycles. The van der Waals surface area contributed by atoms with Gasteiger partial charge >= 0.3 is 0 Å². The summed E-state index contributed by atoms with van der Waals surface area (Å²) >= 11 is 1.75. The Hall–Kier alpha value is -1.19. The molecule has 0 aliphatic carbocycles. The topological polar surface area (TPSA) is 24.9 Å². The number of benzene rings is 1. The summed E-state index contributed by atoms with van der Waals surface area (Å²) in [6.07, 6.45) is 5.32. The Kier molecular flexibility index (Phi) is 5.55. The van der Waals surface area contributed by atoms with Crippen LogP contribution in [0.25, 0.3) is 0 Å². The SMILES string of the molecule is CCCNC(Cc1cncs1)Cc1ccccc1C. The molecular weight excluding hydrogens is 252 g/mol. The lowest BCUT2D eigenvalue weighted by molar-refractivity contribution is 0.506. The Morgan fingerprint density at radius 1 is 1.26 bits per heavy atom. The van der Waals surface area contributed by atoms with Crippen LogP contribution in [0.1, 0.15) is 29.3 Å². The fourth-order valence-corrected chi connectivity index (χ4v) is 2.93. The molecule has 0 saturated heterocycles. The molecule has 102 valence electrons. The maximum Gasteiger partial charge on any atom is 0.0794 e. The Balaban J connectivity index is 2.03. The lowest BCUT2D eigenvalue weighted by atomic mass is 9.99. The lowest BCUT2D eigenvalue weighted by Crippen LogP contribution is -2.33. The van der Waals surface area contributed by atoms with Crippen LogP contribution in [0.2, 0.25) is 0 Å². The molecule has 0 saturated carbocycles. The molecule has 19 heavy (non-hydrogen) atoms. The summed E-state index contributed by atoms with van der Waals surface area (Å²) in [5.74, 6) is 0. The van der Waals surface area contributed by atoms with Crippen LogP contribution in [0.5, 0.6) is 0 Å². The first-order valence-electron chi connectivity index (χ1n) is 6.95. The first kappa shape index (κ1) is 14.2. The second-order valence-corrected chi connectivity index (χ2v) is 5.92. The largest absolute Gasteiger partial charge is 0.313 e. The normalized spacial score (nSPS) is 12.5. The Bertz CT molecular complexity index is 479. The highest BCUT2D eigenvalue weighted by molar-refractivity contribution is 7.09. The summed E-state index contributed by atoms with van der Waals surface area (Å²) in [5, 5.41) is 3.66. The summed E-state index contributed by atoms with van der Waals surface area (Å²) in [6.45, 7) is 5.48. The molecule has 1 N–H and O–H groups in total. The monoisotopic (exact) mass is 274 g/mol. The van der Waals surface area contributed by atoms with Crippen molar-refractivity contribution in [2.24, 2.45) is 0 Å². The molecule has 0 amide bonds. The number of rotatable bonds is 7. The van der Waals surface area contributed by atoms with E-state index in [2.05, 4.69) is 48.4 Å². The zero-order chi connectivity index (χ0) is 13.5. The van der Waals surface area contributed by atoms with E-state index in [0.29, 0.717) is 6.04 Å². The quantitative estimate of drug-likeness (QED) is 0.834. The van der Waals surface area contributed by atoms with E-state index in [9.17, 15) is 0 Å². The molecule has 0 bridgehead atoms. The number of aromatic nitrogens is 1. The van der Waals surface area contributed by atoms with Crippen molar-refractivity contribution in [3.8, 4) is 0 Å². The van der Waals surface area contributed by atoms with Gasteiger partial charge in [0.05, 0.1) is 5.51 Å². The molecule has 0 radical (unpaired) electrons. The first-order chi connectivity index (χ1) is 9.29. The number of nitrogens with one attached hydrogen (secondary N) is 1. The standard InChI is InChI=1S/C16H22N2S/c1-3-8-18-15(10-16-11-17-12-19-16)9-14-7-5-4-6-13(14)2/h4-7,11-12,15,18H,3,8-10H2,1-2H3. The molecule has 1 aromatic carbocycles. The molecule has 0 aliphatic rings. The maximum absolute atomic E-state index is 4.17. The van der Waals surface area contributed by atoms with Crippen LogP contribution in [-0.4, -0.2) is 17.6 Å². The van der Waals surface area contributed by atoms with Crippen molar-refractivity contribution in [3.63, 3.8) is 0 Å². The zero-order valence-electron chi connectivity index (χ0n) is 11.7. The molecule has 2 nitrogen and oxygen atoms in total. The van der Waals surface area contributed by atoms with E-state index in [4.69, 9.17) is 0 Å². The highest BCUT2D eigenvalue weighted by Gasteiger charge is 2.12. The van der Waals surface area contributed by atoms with E-state index in [1.54, 1.807) is 11.3 Å². The summed E-state index contributed by atoms with van der Waals surface area (Å²) in [4.78, 5) is 5.53. The first-order valence-corrected chi connectivity index (χ1v) is 7.82. The third kappa shape index (κ3) is 4.44. The maximum atomic E-state index is 4.17. The zero-order valence-corrected chi connectivity index (χ0v) is 12.5. The van der Waals surface area contributed by atoms with Gasteiger partial charge in [-0.1, -0.05) is 31.2 Å². The Morgan fingerprint density at radius 2 is 2.11 bits per heavy atom. The molecular formula is C16H22N2S. The molecule has 0 fully saturated rings. The van der Waals surface area contributed by atoms with Gasteiger partial charge in [0.2, 0.25) is 0 Å². The molecule has 0 aliphatic heterocycles. The number of nitrogens with zero attached hydrogens (tertiary/aromatic N) is 1. The molecule has 1 atom stereocenters. The van der Waals surface area contributed by atoms with Crippen molar-refractivity contribution in [1.29, 1.82) is 0 Å². The number of hydrogen-bond acceptors (Lipinski definition) is 3. The van der Waals surface area contributed by atoms with Crippen LogP contribution in [-0.2, 0) is 12.8 Å². The van der Waals surface area contributed by atoms with Crippen molar-refractivity contribution in [1.82, 2.24) is 10.3 Å². The molecule has 2 aromatic rings. The summed E-state index contributed by atoms with van der Waals surface area (Å²) in [7, 11) is 0. The van der Waals surface area contributed by atoms with E-state index < -0.39 is 0 Å². The highest BCUT2D eigenvalue weighted by Crippen LogP contribution is 2.15. The summed E-state index contributed by atoms with van der Waals surface area (Å²) in [5.41, 5.74) is 4.75. The third-order valence-electron chi connectivity index (χ3n) is 3.34. The van der Waals surface area contributed by atoms with Gasteiger partial charge in [-0.05, 0) is 43.9 Å². The van der Waals surface area contributed by atoms with Gasteiger partial charge < -0.3 is 5.32 Å². The van der Waals surface area contributed by atoms with E-state index in [1.807, 2.05) is 11.7 Å². The average Bonchev–Trinajstić information content (AvgIpc) is 2.91. The van der Waals surface area contributed by atoms with Crippen molar-refractivity contribution in [3.05, 3.63) is 52.0 Å². The van der Waals surface area contributed by atoms with Gasteiger partial charge in [-0.3, -0.25) is 4.98 Å². The number of thiazole rings is 1.